The summed E-state index contributed by atoms with van der Waals surface area (Å²) in [5, 5.41) is 5.46. The number of halogens is 1. The van der Waals surface area contributed by atoms with E-state index in [0.29, 0.717) is 22.3 Å². The summed E-state index contributed by atoms with van der Waals surface area (Å²) in [6.07, 6.45) is 4.09. The van der Waals surface area contributed by atoms with Gasteiger partial charge in [-0.25, -0.2) is 4.79 Å². The number of methoxy groups -OCH3 is 1. The molecule has 1 aromatic carbocycles. The lowest BCUT2D eigenvalue weighted by Crippen LogP contribution is -2.48. The summed E-state index contributed by atoms with van der Waals surface area (Å²) in [6.45, 7) is 1.55. The number of ether oxygens (including phenoxy) is 2. The van der Waals surface area contributed by atoms with Crippen molar-refractivity contribution in [3.8, 4) is 5.75 Å². The fourth-order valence-corrected chi connectivity index (χ4v) is 3.33. The number of imide groups is 1. The van der Waals surface area contributed by atoms with Gasteiger partial charge in [-0.3, -0.25) is 14.9 Å². The molecule has 1 fully saturated rings. The number of rotatable bonds is 6. The van der Waals surface area contributed by atoms with E-state index in [2.05, 4.69) is 17.6 Å². The van der Waals surface area contributed by atoms with Crippen LogP contribution in [-0.2, 0) is 20.7 Å². The Morgan fingerprint density at radius 1 is 1.22 bits per heavy atom. The Morgan fingerprint density at radius 2 is 1.96 bits per heavy atom. The maximum Gasteiger partial charge on any atom is 0.321 e. The van der Waals surface area contributed by atoms with E-state index in [4.69, 9.17) is 21.1 Å². The predicted molar refractivity (Wildman–Crippen MR) is 101 cm³/mol. The Bertz CT molecular complexity index is 695. The number of hydrogen-bond acceptors (Lipinski definition) is 5. The summed E-state index contributed by atoms with van der Waals surface area (Å²) in [7, 11) is 1.48. The fraction of sp³-hybridized carbons (Fsp3) is 0.526. The highest BCUT2D eigenvalue weighted by molar-refractivity contribution is 6.30. The first kappa shape index (κ1) is 21.0. The minimum absolute atomic E-state index is 0.0596. The molecule has 3 amide bonds. The molecule has 8 heteroatoms. The van der Waals surface area contributed by atoms with Crippen LogP contribution in [0, 0.1) is 5.92 Å². The number of esters is 1. The van der Waals surface area contributed by atoms with Gasteiger partial charge in [0, 0.05) is 16.6 Å². The Balaban J connectivity index is 1.75. The van der Waals surface area contributed by atoms with Crippen molar-refractivity contribution in [1.29, 1.82) is 0 Å². The molecule has 2 atom stereocenters. The lowest BCUT2D eigenvalue weighted by Gasteiger charge is -2.29. The van der Waals surface area contributed by atoms with Gasteiger partial charge < -0.3 is 14.8 Å². The minimum Gasteiger partial charge on any atom is -0.496 e. The largest absolute Gasteiger partial charge is 0.496 e. The Morgan fingerprint density at radius 3 is 2.67 bits per heavy atom. The van der Waals surface area contributed by atoms with Crippen LogP contribution in [0.15, 0.2) is 18.2 Å². The maximum atomic E-state index is 11.9. The zero-order chi connectivity index (χ0) is 19.8. The first-order chi connectivity index (χ1) is 12.9. The van der Waals surface area contributed by atoms with Gasteiger partial charge in [-0.15, -0.1) is 0 Å². The molecule has 0 saturated heterocycles. The summed E-state index contributed by atoms with van der Waals surface area (Å²) >= 11 is 5.92. The van der Waals surface area contributed by atoms with Crippen molar-refractivity contribution in [2.45, 2.75) is 45.1 Å². The van der Waals surface area contributed by atoms with Crippen LogP contribution >= 0.6 is 11.6 Å². The molecule has 0 unspecified atom stereocenters. The number of hydrogen-bond donors (Lipinski definition) is 2. The lowest BCUT2D eigenvalue weighted by molar-refractivity contribution is -0.147. The second-order valence-electron chi connectivity index (χ2n) is 6.68. The zero-order valence-corrected chi connectivity index (χ0v) is 16.3. The van der Waals surface area contributed by atoms with Crippen LogP contribution in [0.25, 0.3) is 0 Å². The number of amides is 3. The molecule has 1 aliphatic rings. The zero-order valence-electron chi connectivity index (χ0n) is 15.5. The Labute approximate surface area is 163 Å². The molecule has 0 spiro atoms. The molecule has 27 heavy (non-hydrogen) atoms. The van der Waals surface area contributed by atoms with Crippen molar-refractivity contribution in [3.05, 3.63) is 28.8 Å². The van der Waals surface area contributed by atoms with Gasteiger partial charge in [-0.2, -0.15) is 0 Å². The average molecular weight is 397 g/mol. The van der Waals surface area contributed by atoms with E-state index in [1.54, 1.807) is 18.2 Å². The molecule has 1 aliphatic carbocycles. The number of benzene rings is 1. The van der Waals surface area contributed by atoms with Gasteiger partial charge in [0.2, 0.25) is 0 Å². The molecule has 1 saturated carbocycles. The van der Waals surface area contributed by atoms with Crippen molar-refractivity contribution < 1.29 is 23.9 Å². The quantitative estimate of drug-likeness (QED) is 0.721. The molecule has 148 valence electrons. The van der Waals surface area contributed by atoms with Crippen molar-refractivity contribution in [1.82, 2.24) is 10.6 Å². The standard InChI is InChI=1S/C19H25ClN2O5/c1-12-5-3-4-6-15(12)21-19(25)22-17(23)11-27-18(24)10-13-9-14(20)7-8-16(13)26-2/h7-9,12,15H,3-6,10-11H2,1-2H3,(H2,21,22,23,25)/t12-,15+/m1/s1. The summed E-state index contributed by atoms with van der Waals surface area (Å²) in [4.78, 5) is 35.7. The average Bonchev–Trinajstić information content (AvgIpc) is 2.62. The van der Waals surface area contributed by atoms with Gasteiger partial charge in [-0.05, 0) is 37.0 Å². The molecule has 2 N–H and O–H groups in total. The highest BCUT2D eigenvalue weighted by Crippen LogP contribution is 2.24. The summed E-state index contributed by atoms with van der Waals surface area (Å²) < 4.78 is 10.1. The number of carbonyl (C=O) groups is 3. The van der Waals surface area contributed by atoms with Gasteiger partial charge in [-0.1, -0.05) is 31.4 Å². The molecule has 0 aromatic heterocycles. The first-order valence-electron chi connectivity index (χ1n) is 8.97. The lowest BCUT2D eigenvalue weighted by atomic mass is 9.86. The van der Waals surface area contributed by atoms with Gasteiger partial charge >= 0.3 is 12.0 Å². The summed E-state index contributed by atoms with van der Waals surface area (Å²) in [6, 6.07) is 4.39. The van der Waals surface area contributed by atoms with E-state index >= 15 is 0 Å². The molecule has 0 aliphatic heterocycles. The Kier molecular flexibility index (Phi) is 7.91. The van der Waals surface area contributed by atoms with Crippen molar-refractivity contribution in [2.75, 3.05) is 13.7 Å². The second-order valence-corrected chi connectivity index (χ2v) is 7.12. The van der Waals surface area contributed by atoms with Gasteiger partial charge in [0.05, 0.1) is 13.5 Å². The third-order valence-electron chi connectivity index (χ3n) is 4.62. The number of urea groups is 1. The first-order valence-corrected chi connectivity index (χ1v) is 9.35. The van der Waals surface area contributed by atoms with Crippen LogP contribution in [0.2, 0.25) is 5.02 Å². The number of nitrogens with one attached hydrogen (secondary N) is 2. The van der Waals surface area contributed by atoms with Crippen molar-refractivity contribution in [2.24, 2.45) is 5.92 Å². The SMILES string of the molecule is COc1ccc(Cl)cc1CC(=O)OCC(=O)NC(=O)N[C@H]1CCCC[C@H]1C. The fourth-order valence-electron chi connectivity index (χ4n) is 3.14. The third kappa shape index (κ3) is 6.75. The maximum absolute atomic E-state index is 11.9. The number of carbonyl (C=O) groups excluding carboxylic acids is 3. The third-order valence-corrected chi connectivity index (χ3v) is 4.86. The van der Waals surface area contributed by atoms with Crippen LogP contribution < -0.4 is 15.4 Å². The topological polar surface area (TPSA) is 93.7 Å². The van der Waals surface area contributed by atoms with Crippen molar-refractivity contribution in [3.63, 3.8) is 0 Å². The van der Waals surface area contributed by atoms with Crippen LogP contribution in [-0.4, -0.2) is 37.7 Å². The highest BCUT2D eigenvalue weighted by Gasteiger charge is 2.23. The van der Waals surface area contributed by atoms with Gasteiger partial charge in [0.15, 0.2) is 6.61 Å². The van der Waals surface area contributed by atoms with E-state index in [9.17, 15) is 14.4 Å². The highest BCUT2D eigenvalue weighted by atomic mass is 35.5. The Hall–Kier alpha value is -2.28. The van der Waals surface area contributed by atoms with Crippen LogP contribution in [0.4, 0.5) is 4.79 Å². The normalized spacial score (nSPS) is 19.1. The molecule has 1 aromatic rings. The molecule has 0 heterocycles. The van der Waals surface area contributed by atoms with E-state index in [0.717, 1.165) is 25.7 Å². The van der Waals surface area contributed by atoms with E-state index in [1.807, 2.05) is 0 Å². The van der Waals surface area contributed by atoms with Crippen LogP contribution in [0.3, 0.4) is 0 Å². The minimum atomic E-state index is -0.678. The summed E-state index contributed by atoms with van der Waals surface area (Å²) in [5.74, 6) is -0.415. The van der Waals surface area contributed by atoms with Crippen LogP contribution in [0.1, 0.15) is 38.2 Å². The van der Waals surface area contributed by atoms with Gasteiger partial charge in [0.1, 0.15) is 5.75 Å². The van der Waals surface area contributed by atoms with Crippen LogP contribution in [0.5, 0.6) is 5.75 Å². The summed E-state index contributed by atoms with van der Waals surface area (Å²) in [5.41, 5.74) is 0.555. The molecule has 0 radical (unpaired) electrons. The van der Waals surface area contributed by atoms with E-state index < -0.39 is 24.5 Å². The second kappa shape index (κ2) is 10.2. The molecule has 0 bridgehead atoms. The van der Waals surface area contributed by atoms with E-state index in [-0.39, 0.29) is 12.5 Å². The molecule has 7 nitrogen and oxygen atoms in total. The molecular formula is C19H25ClN2O5. The predicted octanol–water partition coefficient (Wildman–Crippen LogP) is 2.84. The smallest absolute Gasteiger partial charge is 0.321 e. The molecular weight excluding hydrogens is 372 g/mol. The van der Waals surface area contributed by atoms with E-state index in [1.165, 1.54) is 7.11 Å². The monoisotopic (exact) mass is 396 g/mol. The van der Waals surface area contributed by atoms with Gasteiger partial charge in [0.25, 0.3) is 5.91 Å². The van der Waals surface area contributed by atoms with Crippen molar-refractivity contribution >= 4 is 29.5 Å². The molecule has 2 rings (SSSR count).